The van der Waals surface area contributed by atoms with Gasteiger partial charge in [-0.3, -0.25) is 0 Å². The summed E-state index contributed by atoms with van der Waals surface area (Å²) in [5, 5.41) is 17.0. The number of aliphatic hydroxyl groups excluding tert-OH is 1. The van der Waals surface area contributed by atoms with Gasteiger partial charge in [-0.05, 0) is 13.3 Å². The van der Waals surface area contributed by atoms with Crippen LogP contribution in [0.3, 0.4) is 0 Å². The van der Waals surface area contributed by atoms with Gasteiger partial charge in [0.15, 0.2) is 0 Å². The summed E-state index contributed by atoms with van der Waals surface area (Å²) in [5.74, 6) is 0. The smallest absolute Gasteiger partial charge is 0.111 e. The fourth-order valence-electron chi connectivity index (χ4n) is 1.48. The van der Waals surface area contributed by atoms with Crippen LogP contribution in [0.25, 0.3) is 0 Å². The Balaban J connectivity index is 2.64. The molecule has 1 rings (SSSR count). The molecule has 5 heteroatoms. The van der Waals surface area contributed by atoms with E-state index in [9.17, 15) is 0 Å². The Morgan fingerprint density at radius 2 is 2.20 bits per heavy atom. The van der Waals surface area contributed by atoms with Crippen molar-refractivity contribution in [1.29, 1.82) is 0 Å². The third-order valence-electron chi connectivity index (χ3n) is 2.21. The Bertz CT molecular complexity index is 286. The number of hydrogen-bond donors (Lipinski definition) is 1. The molecule has 0 saturated heterocycles. The van der Waals surface area contributed by atoms with Crippen molar-refractivity contribution in [2.45, 2.75) is 39.8 Å². The van der Waals surface area contributed by atoms with Crippen molar-refractivity contribution in [3.05, 3.63) is 11.4 Å². The van der Waals surface area contributed by atoms with Crippen molar-refractivity contribution in [1.82, 2.24) is 15.0 Å². The van der Waals surface area contributed by atoms with Crippen LogP contribution in [0.4, 0.5) is 0 Å². The summed E-state index contributed by atoms with van der Waals surface area (Å²) < 4.78 is 7.09. The van der Waals surface area contributed by atoms with E-state index in [4.69, 9.17) is 9.84 Å². The number of aliphatic hydroxyl groups is 1. The first-order valence-corrected chi connectivity index (χ1v) is 5.43. The standard InChI is InChI=1S/C10H19N3O2/c1-3-5-10-9(8-14)11-12-13(10)6-7-15-4-2/h14H,3-8H2,1-2H3. The summed E-state index contributed by atoms with van der Waals surface area (Å²) in [6, 6.07) is 0. The molecule has 1 aromatic rings. The third-order valence-corrected chi connectivity index (χ3v) is 2.21. The van der Waals surface area contributed by atoms with Gasteiger partial charge in [0.2, 0.25) is 0 Å². The van der Waals surface area contributed by atoms with Crippen molar-refractivity contribution in [3.8, 4) is 0 Å². The summed E-state index contributed by atoms with van der Waals surface area (Å²) in [5.41, 5.74) is 1.72. The fraction of sp³-hybridized carbons (Fsp3) is 0.800. The largest absolute Gasteiger partial charge is 0.390 e. The zero-order valence-corrected chi connectivity index (χ0v) is 9.44. The lowest BCUT2D eigenvalue weighted by Gasteiger charge is -2.06. The number of rotatable bonds is 7. The molecule has 0 unspecified atom stereocenters. The van der Waals surface area contributed by atoms with Gasteiger partial charge >= 0.3 is 0 Å². The molecule has 5 nitrogen and oxygen atoms in total. The van der Waals surface area contributed by atoms with Gasteiger partial charge in [0, 0.05) is 6.61 Å². The van der Waals surface area contributed by atoms with Crippen molar-refractivity contribution in [2.75, 3.05) is 13.2 Å². The highest BCUT2D eigenvalue weighted by Crippen LogP contribution is 2.08. The second-order valence-corrected chi connectivity index (χ2v) is 3.31. The average Bonchev–Trinajstić information content (AvgIpc) is 2.62. The highest BCUT2D eigenvalue weighted by molar-refractivity contribution is 5.09. The maximum absolute atomic E-state index is 9.08. The molecule has 0 bridgehead atoms. The summed E-state index contributed by atoms with van der Waals surface area (Å²) in [6.45, 7) is 6.08. The van der Waals surface area contributed by atoms with Crippen LogP contribution in [-0.2, 0) is 24.3 Å². The van der Waals surface area contributed by atoms with E-state index < -0.39 is 0 Å². The molecule has 0 fully saturated rings. The van der Waals surface area contributed by atoms with Gasteiger partial charge in [0.1, 0.15) is 5.69 Å². The lowest BCUT2D eigenvalue weighted by Crippen LogP contribution is -2.11. The first-order valence-electron chi connectivity index (χ1n) is 5.43. The van der Waals surface area contributed by atoms with Gasteiger partial charge in [0.25, 0.3) is 0 Å². The van der Waals surface area contributed by atoms with Crippen LogP contribution in [0.1, 0.15) is 31.7 Å². The maximum atomic E-state index is 9.08. The van der Waals surface area contributed by atoms with Crippen molar-refractivity contribution in [3.63, 3.8) is 0 Å². The zero-order chi connectivity index (χ0) is 11.1. The molecule has 1 aromatic heterocycles. The fourth-order valence-corrected chi connectivity index (χ4v) is 1.48. The summed E-state index contributed by atoms with van der Waals surface area (Å²) in [7, 11) is 0. The highest BCUT2D eigenvalue weighted by Gasteiger charge is 2.10. The quantitative estimate of drug-likeness (QED) is 0.679. The molecule has 0 aromatic carbocycles. The van der Waals surface area contributed by atoms with Crippen LogP contribution in [0.5, 0.6) is 0 Å². The monoisotopic (exact) mass is 213 g/mol. The molecule has 0 radical (unpaired) electrons. The van der Waals surface area contributed by atoms with E-state index in [2.05, 4.69) is 17.2 Å². The van der Waals surface area contributed by atoms with E-state index in [0.29, 0.717) is 25.5 Å². The van der Waals surface area contributed by atoms with Crippen LogP contribution in [0.15, 0.2) is 0 Å². The van der Waals surface area contributed by atoms with E-state index in [1.54, 1.807) is 0 Å². The third kappa shape index (κ3) is 3.28. The normalized spacial score (nSPS) is 10.9. The van der Waals surface area contributed by atoms with Gasteiger partial charge < -0.3 is 9.84 Å². The Kier molecular flexibility index (Phi) is 5.28. The predicted molar refractivity (Wildman–Crippen MR) is 56.4 cm³/mol. The van der Waals surface area contributed by atoms with E-state index in [1.165, 1.54) is 0 Å². The Morgan fingerprint density at radius 1 is 1.40 bits per heavy atom. The van der Waals surface area contributed by atoms with Crippen LogP contribution < -0.4 is 0 Å². The maximum Gasteiger partial charge on any atom is 0.111 e. The van der Waals surface area contributed by atoms with E-state index in [-0.39, 0.29) is 6.61 Å². The Hall–Kier alpha value is -0.940. The topological polar surface area (TPSA) is 60.2 Å². The highest BCUT2D eigenvalue weighted by atomic mass is 16.5. The first-order chi connectivity index (χ1) is 7.33. The van der Waals surface area contributed by atoms with E-state index in [0.717, 1.165) is 18.5 Å². The van der Waals surface area contributed by atoms with Crippen molar-refractivity contribution >= 4 is 0 Å². The molecule has 1 heterocycles. The second-order valence-electron chi connectivity index (χ2n) is 3.31. The SMILES string of the molecule is CCCc1c(CO)nnn1CCOCC. The summed E-state index contributed by atoms with van der Waals surface area (Å²) in [6.07, 6.45) is 1.92. The molecule has 0 atom stereocenters. The molecule has 0 aliphatic carbocycles. The van der Waals surface area contributed by atoms with E-state index in [1.807, 2.05) is 11.6 Å². The number of aromatic nitrogens is 3. The predicted octanol–water partition coefficient (Wildman–Crippen LogP) is 0.759. The second kappa shape index (κ2) is 6.53. The number of nitrogens with zero attached hydrogens (tertiary/aromatic N) is 3. The summed E-state index contributed by atoms with van der Waals surface area (Å²) >= 11 is 0. The van der Waals surface area contributed by atoms with Crippen LogP contribution >= 0.6 is 0 Å². The van der Waals surface area contributed by atoms with Crippen LogP contribution in [0.2, 0.25) is 0 Å². The number of ether oxygens (including phenoxy) is 1. The number of hydrogen-bond acceptors (Lipinski definition) is 4. The zero-order valence-electron chi connectivity index (χ0n) is 9.44. The van der Waals surface area contributed by atoms with Gasteiger partial charge in [-0.1, -0.05) is 18.6 Å². The van der Waals surface area contributed by atoms with Crippen molar-refractivity contribution < 1.29 is 9.84 Å². The molecule has 0 amide bonds. The van der Waals surface area contributed by atoms with Crippen LogP contribution in [-0.4, -0.2) is 33.3 Å². The Morgan fingerprint density at radius 3 is 2.80 bits per heavy atom. The van der Waals surface area contributed by atoms with Crippen molar-refractivity contribution in [2.24, 2.45) is 0 Å². The molecule has 0 saturated carbocycles. The lowest BCUT2D eigenvalue weighted by molar-refractivity contribution is 0.135. The van der Waals surface area contributed by atoms with Crippen LogP contribution in [0, 0.1) is 0 Å². The van der Waals surface area contributed by atoms with Gasteiger partial charge in [0.05, 0.1) is 25.5 Å². The molecule has 15 heavy (non-hydrogen) atoms. The molecular weight excluding hydrogens is 194 g/mol. The summed E-state index contributed by atoms with van der Waals surface area (Å²) in [4.78, 5) is 0. The molecule has 0 aliphatic rings. The van der Waals surface area contributed by atoms with E-state index >= 15 is 0 Å². The van der Waals surface area contributed by atoms with Gasteiger partial charge in [-0.15, -0.1) is 5.10 Å². The molecule has 0 spiro atoms. The first kappa shape index (κ1) is 12.1. The minimum absolute atomic E-state index is 0.0377. The molecule has 1 N–H and O–H groups in total. The minimum atomic E-state index is -0.0377. The minimum Gasteiger partial charge on any atom is -0.390 e. The van der Waals surface area contributed by atoms with Gasteiger partial charge in [-0.2, -0.15) is 0 Å². The van der Waals surface area contributed by atoms with Gasteiger partial charge in [-0.25, -0.2) is 4.68 Å². The average molecular weight is 213 g/mol. The molecule has 86 valence electrons. The molecular formula is C10H19N3O2. The molecule has 0 aliphatic heterocycles. The Labute approximate surface area is 90.1 Å². The lowest BCUT2D eigenvalue weighted by atomic mass is 10.2.